The fourth-order valence-corrected chi connectivity index (χ4v) is 5.53. The largest absolute Gasteiger partial charge is 0.493 e. The Labute approximate surface area is 256 Å². The molecule has 1 aromatic heterocycles. The molecule has 2 amide bonds. The first-order chi connectivity index (χ1) is 21.1. The van der Waals surface area contributed by atoms with Crippen molar-refractivity contribution in [2.24, 2.45) is 5.92 Å². The molecule has 236 valence electrons. The molecule has 44 heavy (non-hydrogen) atoms. The van der Waals surface area contributed by atoms with Crippen LogP contribution in [0, 0.1) is 12.8 Å². The van der Waals surface area contributed by atoms with E-state index < -0.39 is 12.1 Å². The number of amides is 2. The molecular weight excluding hydrogens is 566 g/mol. The average Bonchev–Trinajstić information content (AvgIpc) is 3.27. The van der Waals surface area contributed by atoms with Crippen LogP contribution in [0.2, 0.25) is 0 Å². The highest BCUT2D eigenvalue weighted by Crippen LogP contribution is 2.50. The fourth-order valence-electron chi connectivity index (χ4n) is 5.53. The van der Waals surface area contributed by atoms with Crippen LogP contribution in [-0.4, -0.2) is 55.9 Å². The second-order valence-electron chi connectivity index (χ2n) is 11.1. The van der Waals surface area contributed by atoms with E-state index in [-0.39, 0.29) is 28.8 Å². The molecule has 0 saturated heterocycles. The van der Waals surface area contributed by atoms with Crippen molar-refractivity contribution >= 4 is 17.5 Å². The number of rotatable bonds is 12. The molecule has 2 aromatic carbocycles. The maximum Gasteiger partial charge on any atom is 0.242 e. The molecule has 1 heterocycles. The molecule has 0 spiro atoms. The topological polar surface area (TPSA) is 154 Å². The Bertz CT molecular complexity index is 1570. The van der Waals surface area contributed by atoms with Gasteiger partial charge in [-0.05, 0) is 67.0 Å². The molecule has 0 fully saturated rings. The lowest BCUT2D eigenvalue weighted by Gasteiger charge is -2.22. The summed E-state index contributed by atoms with van der Waals surface area (Å²) in [6.45, 7) is 7.44. The van der Waals surface area contributed by atoms with Crippen LogP contribution in [-0.2, 0) is 22.4 Å². The van der Waals surface area contributed by atoms with Gasteiger partial charge in [0.1, 0.15) is 6.04 Å². The minimum atomic E-state index is -0.673. The number of methoxy groups -OCH3 is 3. The summed E-state index contributed by atoms with van der Waals surface area (Å²) in [7, 11) is 4.65. The highest BCUT2D eigenvalue weighted by Gasteiger charge is 2.30. The first kappa shape index (κ1) is 32.3. The van der Waals surface area contributed by atoms with Crippen molar-refractivity contribution in [3.05, 3.63) is 57.3 Å². The van der Waals surface area contributed by atoms with Gasteiger partial charge in [-0.1, -0.05) is 25.1 Å². The van der Waals surface area contributed by atoms with Gasteiger partial charge >= 0.3 is 0 Å². The zero-order valence-corrected chi connectivity index (χ0v) is 26.3. The third-order valence-electron chi connectivity index (χ3n) is 7.61. The summed E-state index contributed by atoms with van der Waals surface area (Å²) < 4.78 is 22.2. The fraction of sp³-hybridized carbons (Fsp3) is 0.469. The molecule has 3 N–H and O–H groups in total. The number of hydrogen-bond donors (Lipinski definition) is 3. The van der Waals surface area contributed by atoms with E-state index in [0.29, 0.717) is 72.3 Å². The van der Waals surface area contributed by atoms with Gasteiger partial charge in [0.2, 0.25) is 28.9 Å². The summed E-state index contributed by atoms with van der Waals surface area (Å²) in [5.74, 6) is 1.94. The summed E-state index contributed by atoms with van der Waals surface area (Å²) in [5, 5.41) is 12.9. The predicted octanol–water partition coefficient (Wildman–Crippen LogP) is 3.74. The summed E-state index contributed by atoms with van der Waals surface area (Å²) in [4.78, 5) is 43.4. The molecule has 0 saturated carbocycles. The average molecular weight is 608 g/mol. The summed E-state index contributed by atoms with van der Waals surface area (Å²) in [5.41, 5.74) is 2.98. The molecule has 0 radical (unpaired) electrons. The third-order valence-corrected chi connectivity index (χ3v) is 7.61. The van der Waals surface area contributed by atoms with E-state index in [0.717, 1.165) is 11.1 Å². The molecule has 0 unspecified atom stereocenters. The number of aryl methyl sites for hydroxylation is 3. The lowest BCUT2D eigenvalue weighted by atomic mass is 9.95. The summed E-state index contributed by atoms with van der Waals surface area (Å²) in [6, 6.07) is 5.83. The molecule has 3 aromatic rings. The van der Waals surface area contributed by atoms with Crippen LogP contribution < -0.4 is 35.6 Å². The Morgan fingerprint density at radius 1 is 1.09 bits per heavy atom. The van der Waals surface area contributed by atoms with Crippen LogP contribution in [0.15, 0.2) is 33.6 Å². The lowest BCUT2D eigenvalue weighted by molar-refractivity contribution is -0.122. The number of aromatic nitrogens is 2. The van der Waals surface area contributed by atoms with E-state index in [4.69, 9.17) is 18.7 Å². The van der Waals surface area contributed by atoms with Gasteiger partial charge < -0.3 is 34.7 Å². The molecule has 12 heteroatoms. The van der Waals surface area contributed by atoms with Gasteiger partial charge in [0.15, 0.2) is 17.3 Å². The Morgan fingerprint density at radius 3 is 2.45 bits per heavy atom. The van der Waals surface area contributed by atoms with Crippen LogP contribution in [0.5, 0.6) is 17.2 Å². The van der Waals surface area contributed by atoms with Gasteiger partial charge in [-0.15, -0.1) is 0 Å². The molecular formula is C32H41N5O7. The summed E-state index contributed by atoms with van der Waals surface area (Å²) in [6.07, 6.45) is 2.31. The monoisotopic (exact) mass is 607 g/mol. The Hall–Kier alpha value is -4.61. The van der Waals surface area contributed by atoms with Gasteiger partial charge in [-0.25, -0.2) is 0 Å². The molecule has 0 aliphatic heterocycles. The van der Waals surface area contributed by atoms with Crippen LogP contribution in [0.1, 0.15) is 62.5 Å². The van der Waals surface area contributed by atoms with Crippen molar-refractivity contribution < 1.29 is 28.3 Å². The highest BCUT2D eigenvalue weighted by molar-refractivity contribution is 5.86. The quantitative estimate of drug-likeness (QED) is 0.260. The molecule has 12 nitrogen and oxygen atoms in total. The normalized spacial score (nSPS) is 14.5. The number of fused-ring (bicyclic) bond motifs is 3. The van der Waals surface area contributed by atoms with Crippen LogP contribution >= 0.6 is 0 Å². The Balaban J connectivity index is 1.70. The predicted molar refractivity (Wildman–Crippen MR) is 165 cm³/mol. The van der Waals surface area contributed by atoms with E-state index in [1.54, 1.807) is 27.2 Å². The number of benzene rings is 1. The SMILES string of the molecule is COc1cc2c(c(OC)c1OC)-c1ccc(N[C@H](C(=O)NCCCc3nc(C)no3)C(C)C)c(=O)cc1[C@@H](NC(C)=O)CC2. The van der Waals surface area contributed by atoms with Gasteiger partial charge in [0.25, 0.3) is 0 Å². The minimum Gasteiger partial charge on any atom is -0.493 e. The first-order valence-electron chi connectivity index (χ1n) is 14.7. The zero-order valence-electron chi connectivity index (χ0n) is 26.3. The number of nitrogens with one attached hydrogen (secondary N) is 3. The van der Waals surface area contributed by atoms with Crippen molar-refractivity contribution in [2.45, 2.75) is 65.5 Å². The Morgan fingerprint density at radius 2 is 1.84 bits per heavy atom. The van der Waals surface area contributed by atoms with Gasteiger partial charge in [0.05, 0.1) is 33.1 Å². The number of anilines is 1. The van der Waals surface area contributed by atoms with E-state index in [2.05, 4.69) is 26.1 Å². The van der Waals surface area contributed by atoms with Gasteiger partial charge in [0, 0.05) is 25.5 Å². The number of nitrogens with zero attached hydrogens (tertiary/aromatic N) is 2. The van der Waals surface area contributed by atoms with Crippen LogP contribution in [0.4, 0.5) is 5.69 Å². The van der Waals surface area contributed by atoms with Crippen LogP contribution in [0.3, 0.4) is 0 Å². The standard InChI is InChI=1S/C32H41N5O7/c1-17(2)29(32(40)33-14-8-9-27-34-18(3)37-44-27)36-24-13-11-21-22(16-25(24)39)23(35-19(4)38)12-10-20-15-26(41-5)30(42-6)31(43-7)28(20)21/h11,13,15-17,23,29H,8-10,12,14H2,1-7H3,(H,33,40)(H,35,38)(H,36,39)/t23-,29-/m0/s1. The number of hydrogen-bond acceptors (Lipinski definition) is 10. The molecule has 1 aliphatic carbocycles. The van der Waals surface area contributed by atoms with Crippen molar-refractivity contribution in [3.63, 3.8) is 0 Å². The van der Waals surface area contributed by atoms with Gasteiger partial charge in [-0.2, -0.15) is 4.98 Å². The minimum absolute atomic E-state index is 0.124. The number of ether oxygens (including phenoxy) is 3. The number of carbonyl (C=O) groups is 2. The number of carbonyl (C=O) groups excluding carboxylic acids is 2. The van der Waals surface area contributed by atoms with Crippen molar-refractivity contribution in [3.8, 4) is 28.4 Å². The smallest absolute Gasteiger partial charge is 0.242 e. The van der Waals surface area contributed by atoms with E-state index in [1.807, 2.05) is 26.0 Å². The zero-order chi connectivity index (χ0) is 32.0. The third kappa shape index (κ3) is 7.12. The first-order valence-corrected chi connectivity index (χ1v) is 14.7. The second-order valence-corrected chi connectivity index (χ2v) is 11.1. The van der Waals surface area contributed by atoms with Crippen LogP contribution in [0.25, 0.3) is 11.1 Å². The molecule has 1 aliphatic rings. The lowest BCUT2D eigenvalue weighted by Crippen LogP contribution is -2.44. The summed E-state index contributed by atoms with van der Waals surface area (Å²) >= 11 is 0. The molecule has 2 atom stereocenters. The van der Waals surface area contributed by atoms with E-state index >= 15 is 0 Å². The van der Waals surface area contributed by atoms with Crippen molar-refractivity contribution in [2.75, 3.05) is 33.2 Å². The molecule has 4 rings (SSSR count). The van der Waals surface area contributed by atoms with E-state index in [1.165, 1.54) is 20.1 Å². The Kier molecular flexibility index (Phi) is 10.5. The maximum absolute atomic E-state index is 13.7. The van der Waals surface area contributed by atoms with E-state index in [9.17, 15) is 14.4 Å². The van der Waals surface area contributed by atoms with Crippen molar-refractivity contribution in [1.82, 2.24) is 20.8 Å². The van der Waals surface area contributed by atoms with Gasteiger partial charge in [-0.3, -0.25) is 14.4 Å². The highest BCUT2D eigenvalue weighted by atomic mass is 16.5. The maximum atomic E-state index is 13.7. The second kappa shape index (κ2) is 14.2. The van der Waals surface area contributed by atoms with Crippen molar-refractivity contribution in [1.29, 1.82) is 0 Å². The molecule has 0 bridgehead atoms.